The normalized spacial score (nSPS) is 12.1. The van der Waals surface area contributed by atoms with Gasteiger partial charge in [-0.1, -0.05) is 36.4 Å². The predicted molar refractivity (Wildman–Crippen MR) is 189 cm³/mol. The van der Waals surface area contributed by atoms with E-state index in [9.17, 15) is 43.2 Å². The van der Waals surface area contributed by atoms with E-state index >= 15 is 0 Å². The van der Waals surface area contributed by atoms with Gasteiger partial charge in [-0.2, -0.15) is 26.3 Å². The van der Waals surface area contributed by atoms with E-state index in [1.165, 1.54) is 54.9 Å². The van der Waals surface area contributed by atoms with E-state index in [1.54, 1.807) is 24.3 Å². The molecule has 3 aromatic carbocycles. The molecule has 3 aromatic heterocycles. The first-order valence-electron chi connectivity index (χ1n) is 15.2. The van der Waals surface area contributed by atoms with Crippen LogP contribution >= 0.6 is 0 Å². The monoisotopic (exact) mass is 787 g/mol. The first-order valence-corrected chi connectivity index (χ1v) is 19.0. The molecule has 6 rings (SSSR count). The average Bonchev–Trinajstić information content (AvgIpc) is 3.11. The van der Waals surface area contributed by atoms with Crippen LogP contribution in [0.1, 0.15) is 11.3 Å². The standard InChI is InChI=1S/C18H14F3N3O2S.C17H13F3N4O2S/c1-27(25,26)14-8-4-11(5-9-14)15-10-23-17(22)16(24-15)12-2-6-13(7-3-12)18(19,20)21;1-27(25,26)12-5-2-10(3-6-12)13-9-23-16(21)15(24-13)11-4-7-14(22-8-11)17(18,19)20/h2-10H,1H3,(H2,22,23);2-9H,1H3,(H2,21,23). The van der Waals surface area contributed by atoms with Gasteiger partial charge in [-0.15, -0.1) is 0 Å². The van der Waals surface area contributed by atoms with Crippen LogP contribution in [0.2, 0.25) is 0 Å². The number of hydrogen-bond acceptors (Lipinski definition) is 11. The van der Waals surface area contributed by atoms with E-state index in [0.717, 1.165) is 36.9 Å². The van der Waals surface area contributed by atoms with Gasteiger partial charge in [0, 0.05) is 41.0 Å². The fourth-order valence-electron chi connectivity index (χ4n) is 4.76. The van der Waals surface area contributed by atoms with Crippen LogP contribution in [-0.4, -0.2) is 54.3 Å². The molecule has 0 amide bonds. The number of nitrogens with two attached hydrogens (primary N) is 2. The molecule has 3 heterocycles. The fourth-order valence-corrected chi connectivity index (χ4v) is 6.03. The van der Waals surface area contributed by atoms with Gasteiger partial charge in [-0.3, -0.25) is 4.98 Å². The van der Waals surface area contributed by atoms with Gasteiger partial charge in [0.1, 0.15) is 28.7 Å². The molecule has 0 fully saturated rings. The van der Waals surface area contributed by atoms with Crippen LogP contribution in [0, 0.1) is 0 Å². The Morgan fingerprint density at radius 2 is 0.870 bits per heavy atom. The maximum absolute atomic E-state index is 12.7. The van der Waals surface area contributed by atoms with Crippen molar-refractivity contribution >= 4 is 31.3 Å². The molecule has 0 aliphatic heterocycles. The van der Waals surface area contributed by atoms with E-state index in [0.29, 0.717) is 28.1 Å². The van der Waals surface area contributed by atoms with Gasteiger partial charge in [0.2, 0.25) is 0 Å². The minimum absolute atomic E-state index is 0.0352. The number of sulfone groups is 2. The zero-order valence-corrected chi connectivity index (χ0v) is 29.6. The highest BCUT2D eigenvalue weighted by Crippen LogP contribution is 2.33. The van der Waals surface area contributed by atoms with Crippen molar-refractivity contribution in [2.45, 2.75) is 22.1 Å². The predicted octanol–water partition coefficient (Wildman–Crippen LogP) is 7.03. The number of aromatic nitrogens is 5. The van der Waals surface area contributed by atoms with Crippen molar-refractivity contribution in [2.75, 3.05) is 24.0 Å². The van der Waals surface area contributed by atoms with Gasteiger partial charge >= 0.3 is 12.4 Å². The highest BCUT2D eigenvalue weighted by Gasteiger charge is 2.32. The van der Waals surface area contributed by atoms with E-state index in [4.69, 9.17) is 11.5 Å². The topological polar surface area (TPSA) is 185 Å². The summed E-state index contributed by atoms with van der Waals surface area (Å²) in [5.41, 5.74) is 12.9. The summed E-state index contributed by atoms with van der Waals surface area (Å²) in [6, 6.07) is 18.5. The molecule has 280 valence electrons. The van der Waals surface area contributed by atoms with Gasteiger partial charge in [0.15, 0.2) is 19.7 Å². The first-order chi connectivity index (χ1) is 25.1. The van der Waals surface area contributed by atoms with E-state index in [1.807, 2.05) is 0 Å². The van der Waals surface area contributed by atoms with Crippen molar-refractivity contribution in [1.82, 2.24) is 24.9 Å². The molecular formula is C35H27F6N7O4S2. The number of nitrogens with zero attached hydrogens (tertiary/aromatic N) is 5. The summed E-state index contributed by atoms with van der Waals surface area (Å²) in [7, 11) is -6.66. The second kappa shape index (κ2) is 14.8. The Morgan fingerprint density at radius 3 is 1.22 bits per heavy atom. The Morgan fingerprint density at radius 1 is 0.481 bits per heavy atom. The number of benzene rings is 3. The Hall–Kier alpha value is -5.95. The molecule has 54 heavy (non-hydrogen) atoms. The Labute approximate surface area is 304 Å². The van der Waals surface area contributed by atoms with Gasteiger partial charge < -0.3 is 11.5 Å². The Balaban J connectivity index is 0.000000208. The van der Waals surface area contributed by atoms with Crippen LogP contribution in [0.3, 0.4) is 0 Å². The second-order valence-electron chi connectivity index (χ2n) is 11.6. The number of pyridine rings is 1. The third kappa shape index (κ3) is 9.34. The lowest BCUT2D eigenvalue weighted by Crippen LogP contribution is -2.07. The zero-order chi connectivity index (χ0) is 39.6. The fraction of sp³-hybridized carbons (Fsp3) is 0.114. The number of rotatable bonds is 6. The summed E-state index contributed by atoms with van der Waals surface area (Å²) >= 11 is 0. The largest absolute Gasteiger partial charge is 0.433 e. The van der Waals surface area contributed by atoms with Crippen molar-refractivity contribution in [3.05, 3.63) is 115 Å². The molecule has 0 unspecified atom stereocenters. The number of nitrogen functional groups attached to an aromatic ring is 2. The second-order valence-corrected chi connectivity index (χ2v) is 15.6. The summed E-state index contributed by atoms with van der Waals surface area (Å²) in [6.45, 7) is 0. The lowest BCUT2D eigenvalue weighted by Gasteiger charge is -2.10. The zero-order valence-electron chi connectivity index (χ0n) is 27.9. The summed E-state index contributed by atoms with van der Waals surface area (Å²) < 4.78 is 122. The minimum Gasteiger partial charge on any atom is -0.382 e. The summed E-state index contributed by atoms with van der Waals surface area (Å²) in [6.07, 6.45) is -2.93. The van der Waals surface area contributed by atoms with Crippen LogP contribution in [0.15, 0.2) is 113 Å². The van der Waals surface area contributed by atoms with Crippen molar-refractivity contribution in [2.24, 2.45) is 0 Å². The van der Waals surface area contributed by atoms with Crippen molar-refractivity contribution in [3.8, 4) is 45.0 Å². The van der Waals surface area contributed by atoms with Crippen molar-refractivity contribution in [3.63, 3.8) is 0 Å². The molecule has 19 heteroatoms. The maximum Gasteiger partial charge on any atom is 0.433 e. The molecule has 4 N–H and O–H groups in total. The number of anilines is 2. The highest BCUT2D eigenvalue weighted by atomic mass is 32.2. The highest BCUT2D eigenvalue weighted by molar-refractivity contribution is 7.91. The van der Waals surface area contributed by atoms with E-state index in [2.05, 4.69) is 24.9 Å². The molecule has 0 saturated heterocycles. The van der Waals surface area contributed by atoms with Crippen LogP contribution in [0.25, 0.3) is 45.0 Å². The van der Waals surface area contributed by atoms with Gasteiger partial charge in [-0.25, -0.2) is 36.8 Å². The lowest BCUT2D eigenvalue weighted by molar-refractivity contribution is -0.141. The minimum atomic E-state index is -4.54. The van der Waals surface area contributed by atoms with Crippen molar-refractivity contribution < 1.29 is 43.2 Å². The Kier molecular flexibility index (Phi) is 10.8. The lowest BCUT2D eigenvalue weighted by atomic mass is 10.1. The van der Waals surface area contributed by atoms with Crippen LogP contribution in [0.4, 0.5) is 38.0 Å². The molecule has 0 saturated carbocycles. The molecule has 0 spiro atoms. The quantitative estimate of drug-likeness (QED) is 0.165. The average molecular weight is 788 g/mol. The molecule has 6 aromatic rings. The molecular weight excluding hydrogens is 761 g/mol. The molecule has 0 aliphatic carbocycles. The van der Waals surface area contributed by atoms with Crippen LogP contribution < -0.4 is 11.5 Å². The third-order valence-electron chi connectivity index (χ3n) is 7.57. The first kappa shape index (κ1) is 39.3. The van der Waals surface area contributed by atoms with Gasteiger partial charge in [-0.05, 0) is 48.5 Å². The van der Waals surface area contributed by atoms with Crippen LogP contribution in [0.5, 0.6) is 0 Å². The van der Waals surface area contributed by atoms with Crippen molar-refractivity contribution in [1.29, 1.82) is 0 Å². The number of halogens is 6. The summed E-state index contributed by atoms with van der Waals surface area (Å²) in [5, 5.41) is 0. The third-order valence-corrected chi connectivity index (χ3v) is 9.83. The van der Waals surface area contributed by atoms with Gasteiger partial charge in [0.05, 0.1) is 39.1 Å². The van der Waals surface area contributed by atoms with Gasteiger partial charge in [0.25, 0.3) is 0 Å². The molecule has 11 nitrogen and oxygen atoms in total. The smallest absolute Gasteiger partial charge is 0.382 e. The summed E-state index contributed by atoms with van der Waals surface area (Å²) in [5.74, 6) is 0.110. The molecule has 0 aliphatic rings. The molecule has 0 bridgehead atoms. The van der Waals surface area contributed by atoms with Crippen LogP contribution in [-0.2, 0) is 32.0 Å². The summed E-state index contributed by atoms with van der Waals surface area (Å²) in [4.78, 5) is 20.5. The molecule has 0 atom stereocenters. The van der Waals surface area contributed by atoms with E-state index < -0.39 is 43.3 Å². The molecule has 0 radical (unpaired) electrons. The van der Waals surface area contributed by atoms with E-state index in [-0.39, 0.29) is 38.4 Å². The number of hydrogen-bond donors (Lipinski definition) is 2. The SMILES string of the molecule is CS(=O)(=O)c1ccc(-c2cnc(N)c(-c3ccc(C(F)(F)F)cc3)n2)cc1.CS(=O)(=O)c1ccc(-c2cnc(N)c(-c3ccc(C(F)(F)F)nc3)n2)cc1. The number of alkyl halides is 6. The Bertz CT molecular complexity index is 2340. The maximum atomic E-state index is 12.7.